The zero-order valence-corrected chi connectivity index (χ0v) is 12.2. The van der Waals surface area contributed by atoms with Crippen LogP contribution in [0.4, 0.5) is 0 Å². The first-order valence-corrected chi connectivity index (χ1v) is 7.97. The highest BCUT2D eigenvalue weighted by atomic mass is 16.4. The summed E-state index contributed by atoms with van der Waals surface area (Å²) in [4.78, 5) is 22.9. The second-order valence-electron chi connectivity index (χ2n) is 7.65. The summed E-state index contributed by atoms with van der Waals surface area (Å²) in [6.45, 7) is 1.84. The summed E-state index contributed by atoms with van der Waals surface area (Å²) in [6.07, 6.45) is 7.97. The monoisotopic (exact) mass is 279 g/mol. The molecule has 0 spiro atoms. The lowest BCUT2D eigenvalue weighted by atomic mass is 9.53. The molecule has 1 amide bonds. The number of carbonyl (C=O) groups excluding carboxylic acids is 1. The lowest BCUT2D eigenvalue weighted by Crippen LogP contribution is -2.59. The van der Waals surface area contributed by atoms with Crippen molar-refractivity contribution >= 4 is 11.9 Å². The van der Waals surface area contributed by atoms with Crippen LogP contribution < -0.4 is 5.32 Å². The molecule has 0 radical (unpaired) electrons. The maximum Gasteiger partial charge on any atom is 0.303 e. The Balaban J connectivity index is 1.57. The Kier molecular flexibility index (Phi) is 3.51. The van der Waals surface area contributed by atoms with Gasteiger partial charge in [0.25, 0.3) is 0 Å². The van der Waals surface area contributed by atoms with Crippen molar-refractivity contribution in [1.82, 2.24) is 5.32 Å². The normalized spacial score (nSPS) is 39.5. The van der Waals surface area contributed by atoms with Gasteiger partial charge in [-0.3, -0.25) is 9.59 Å². The first-order chi connectivity index (χ1) is 9.44. The van der Waals surface area contributed by atoms with E-state index >= 15 is 0 Å². The number of rotatable bonds is 5. The third-order valence-electron chi connectivity index (χ3n) is 5.50. The number of hydrogen-bond acceptors (Lipinski definition) is 2. The summed E-state index contributed by atoms with van der Waals surface area (Å²) < 4.78 is 0. The van der Waals surface area contributed by atoms with E-state index in [2.05, 4.69) is 5.32 Å². The molecule has 4 fully saturated rings. The Bertz CT molecular complexity index is 383. The van der Waals surface area contributed by atoms with Crippen molar-refractivity contribution < 1.29 is 14.7 Å². The number of amides is 1. The van der Waals surface area contributed by atoms with Crippen molar-refractivity contribution in [3.05, 3.63) is 0 Å². The maximum atomic E-state index is 12.2. The molecule has 0 aromatic heterocycles. The molecule has 4 saturated carbocycles. The van der Waals surface area contributed by atoms with Crippen LogP contribution in [0.2, 0.25) is 0 Å². The molecule has 4 nitrogen and oxygen atoms in total. The second-order valence-corrected chi connectivity index (χ2v) is 7.65. The quantitative estimate of drug-likeness (QED) is 0.813. The first-order valence-electron chi connectivity index (χ1n) is 7.97. The van der Waals surface area contributed by atoms with Crippen LogP contribution in [0, 0.1) is 23.7 Å². The molecule has 0 saturated heterocycles. The maximum absolute atomic E-state index is 12.2. The summed E-state index contributed by atoms with van der Waals surface area (Å²) in [6, 6.07) is 0. The first kappa shape index (κ1) is 13.9. The molecule has 0 heterocycles. The molecule has 1 atom stereocenters. The number of carbonyl (C=O) groups is 2. The molecule has 20 heavy (non-hydrogen) atoms. The van der Waals surface area contributed by atoms with Crippen LogP contribution in [0.15, 0.2) is 0 Å². The third-order valence-corrected chi connectivity index (χ3v) is 5.50. The molecule has 0 aliphatic heterocycles. The predicted octanol–water partition coefficient (Wildman–Crippen LogP) is 2.57. The van der Waals surface area contributed by atoms with E-state index in [1.54, 1.807) is 0 Å². The number of aliphatic carboxylic acids is 1. The SMILES string of the molecule is CC(CC(=O)O)CC(=O)NC12CC3CC(CC(C3)C1)C2. The van der Waals surface area contributed by atoms with Gasteiger partial charge >= 0.3 is 5.97 Å². The summed E-state index contributed by atoms with van der Waals surface area (Å²) in [5.74, 6) is 1.61. The number of nitrogens with one attached hydrogen (secondary N) is 1. The van der Waals surface area contributed by atoms with Crippen LogP contribution in [0.5, 0.6) is 0 Å². The summed E-state index contributed by atoms with van der Waals surface area (Å²) in [5, 5.41) is 12.1. The smallest absolute Gasteiger partial charge is 0.303 e. The van der Waals surface area contributed by atoms with Gasteiger partial charge < -0.3 is 10.4 Å². The molecule has 0 aromatic carbocycles. The molecule has 4 aliphatic rings. The minimum absolute atomic E-state index is 0.0504. The molecule has 112 valence electrons. The zero-order valence-electron chi connectivity index (χ0n) is 12.2. The minimum atomic E-state index is -0.819. The van der Waals surface area contributed by atoms with Crippen molar-refractivity contribution in [2.45, 2.75) is 63.8 Å². The van der Waals surface area contributed by atoms with E-state index in [0.29, 0.717) is 6.42 Å². The van der Waals surface area contributed by atoms with Gasteiger partial charge in [0, 0.05) is 18.4 Å². The fourth-order valence-corrected chi connectivity index (χ4v) is 5.30. The Labute approximate surface area is 120 Å². The molecule has 0 aromatic rings. The van der Waals surface area contributed by atoms with Crippen molar-refractivity contribution in [1.29, 1.82) is 0 Å². The van der Waals surface area contributed by atoms with E-state index < -0.39 is 5.97 Å². The highest BCUT2D eigenvalue weighted by Crippen LogP contribution is 2.55. The Hall–Kier alpha value is -1.06. The Morgan fingerprint density at radius 1 is 1.10 bits per heavy atom. The lowest BCUT2D eigenvalue weighted by molar-refractivity contribution is -0.138. The summed E-state index contributed by atoms with van der Waals surface area (Å²) in [5.41, 5.74) is 0.0504. The fourth-order valence-electron chi connectivity index (χ4n) is 5.30. The molecule has 4 aliphatic carbocycles. The third kappa shape index (κ3) is 2.84. The van der Waals surface area contributed by atoms with Crippen LogP contribution in [0.3, 0.4) is 0 Å². The topological polar surface area (TPSA) is 66.4 Å². The fraction of sp³-hybridized carbons (Fsp3) is 0.875. The van der Waals surface area contributed by atoms with Crippen LogP contribution in [0.25, 0.3) is 0 Å². The molecule has 4 rings (SSSR count). The molecular formula is C16H25NO3. The van der Waals surface area contributed by atoms with Crippen molar-refractivity contribution in [2.24, 2.45) is 23.7 Å². The van der Waals surface area contributed by atoms with Crippen LogP contribution in [-0.4, -0.2) is 22.5 Å². The van der Waals surface area contributed by atoms with E-state index in [9.17, 15) is 9.59 Å². The standard InChI is InChI=1S/C16H25NO3/c1-10(3-15(19)20)2-14(18)17-16-7-11-4-12(8-16)6-13(5-11)9-16/h10-13H,2-9H2,1H3,(H,17,18)(H,19,20). The number of carboxylic acids is 1. The molecule has 4 heteroatoms. The van der Waals surface area contributed by atoms with E-state index in [1.165, 1.54) is 19.3 Å². The van der Waals surface area contributed by atoms with Crippen LogP contribution >= 0.6 is 0 Å². The van der Waals surface area contributed by atoms with Gasteiger partial charge in [-0.25, -0.2) is 0 Å². The largest absolute Gasteiger partial charge is 0.481 e. The highest BCUT2D eigenvalue weighted by molar-refractivity contribution is 5.78. The number of hydrogen-bond donors (Lipinski definition) is 2. The van der Waals surface area contributed by atoms with Gasteiger partial charge in [0.2, 0.25) is 5.91 Å². The average Bonchev–Trinajstić information content (AvgIpc) is 2.23. The van der Waals surface area contributed by atoms with E-state index in [-0.39, 0.29) is 23.8 Å². The Morgan fingerprint density at radius 2 is 1.60 bits per heavy atom. The molecule has 1 unspecified atom stereocenters. The van der Waals surface area contributed by atoms with Gasteiger partial charge in [0.15, 0.2) is 0 Å². The summed E-state index contributed by atoms with van der Waals surface area (Å²) in [7, 11) is 0. The van der Waals surface area contributed by atoms with Gasteiger partial charge in [0.1, 0.15) is 0 Å². The van der Waals surface area contributed by atoms with Crippen LogP contribution in [-0.2, 0) is 9.59 Å². The molecule has 2 N–H and O–H groups in total. The van der Waals surface area contributed by atoms with E-state index in [0.717, 1.165) is 37.0 Å². The second kappa shape index (κ2) is 5.05. The average molecular weight is 279 g/mol. The van der Waals surface area contributed by atoms with Gasteiger partial charge in [-0.2, -0.15) is 0 Å². The van der Waals surface area contributed by atoms with Crippen molar-refractivity contribution in [3.8, 4) is 0 Å². The van der Waals surface area contributed by atoms with Crippen molar-refractivity contribution in [3.63, 3.8) is 0 Å². The van der Waals surface area contributed by atoms with Crippen LogP contribution in [0.1, 0.15) is 58.3 Å². The minimum Gasteiger partial charge on any atom is -0.481 e. The lowest BCUT2D eigenvalue weighted by Gasteiger charge is -2.57. The summed E-state index contributed by atoms with van der Waals surface area (Å²) >= 11 is 0. The predicted molar refractivity (Wildman–Crippen MR) is 75.1 cm³/mol. The van der Waals surface area contributed by atoms with E-state index in [4.69, 9.17) is 5.11 Å². The Morgan fingerprint density at radius 3 is 2.05 bits per heavy atom. The van der Waals surface area contributed by atoms with E-state index in [1.807, 2.05) is 6.92 Å². The number of carboxylic acid groups (broad SMARTS) is 1. The molecular weight excluding hydrogens is 254 g/mol. The van der Waals surface area contributed by atoms with Gasteiger partial charge in [-0.05, 0) is 62.2 Å². The van der Waals surface area contributed by atoms with Gasteiger partial charge in [-0.15, -0.1) is 0 Å². The highest BCUT2D eigenvalue weighted by Gasteiger charge is 2.51. The molecule has 4 bridgehead atoms. The van der Waals surface area contributed by atoms with Gasteiger partial charge in [-0.1, -0.05) is 6.92 Å². The zero-order chi connectivity index (χ0) is 14.3. The van der Waals surface area contributed by atoms with Gasteiger partial charge in [0.05, 0.1) is 0 Å². The van der Waals surface area contributed by atoms with Crippen molar-refractivity contribution in [2.75, 3.05) is 0 Å².